The Bertz CT molecular complexity index is 1110. The summed E-state index contributed by atoms with van der Waals surface area (Å²) in [7, 11) is 0. The number of rotatable bonds is 7. The smallest absolute Gasteiger partial charge is 0.273 e. The van der Waals surface area contributed by atoms with E-state index in [2.05, 4.69) is 23.5 Å². The molecule has 168 valence electrons. The fourth-order valence-electron chi connectivity index (χ4n) is 4.48. The molecular weight excluding hydrogens is 420 g/mol. The number of nitrogens with two attached hydrogens (primary N) is 1. The second-order valence-corrected chi connectivity index (χ2v) is 9.74. The van der Waals surface area contributed by atoms with Crippen molar-refractivity contribution in [1.29, 1.82) is 0 Å². The number of benzene rings is 1. The fraction of sp³-hybridized carbons (Fsp3) is 0.400. The molecule has 6 nitrogen and oxygen atoms in total. The highest BCUT2D eigenvalue weighted by molar-refractivity contribution is 7.03. The van der Waals surface area contributed by atoms with Gasteiger partial charge in [-0.25, -0.2) is 4.37 Å². The number of carbonyl (C=O) groups excluding carboxylic acids is 1. The van der Waals surface area contributed by atoms with Crippen LogP contribution in [-0.2, 0) is 6.54 Å². The van der Waals surface area contributed by atoms with Crippen molar-refractivity contribution in [3.8, 4) is 11.1 Å². The zero-order valence-corrected chi connectivity index (χ0v) is 19.4. The van der Waals surface area contributed by atoms with Crippen molar-refractivity contribution in [2.24, 2.45) is 11.7 Å². The maximum atomic E-state index is 13.1. The Morgan fingerprint density at radius 2 is 1.91 bits per heavy atom. The van der Waals surface area contributed by atoms with E-state index >= 15 is 0 Å². The van der Waals surface area contributed by atoms with Gasteiger partial charge in [0, 0.05) is 47.1 Å². The molecule has 3 N–H and O–H groups in total. The van der Waals surface area contributed by atoms with Crippen LogP contribution in [0, 0.1) is 5.92 Å². The average molecular weight is 451 g/mol. The second kappa shape index (κ2) is 9.69. The van der Waals surface area contributed by atoms with Crippen molar-refractivity contribution >= 4 is 23.1 Å². The molecule has 32 heavy (non-hydrogen) atoms. The first-order valence-corrected chi connectivity index (χ1v) is 12.0. The SMILES string of the molecule is CC(C)Cn1cc(-c2cnsc2)cc(N[C@H]2CC[C@@H](c3ccc(C(N)=O)cc3)CC2)c1=O. The number of hydrogen-bond acceptors (Lipinski definition) is 5. The zero-order chi connectivity index (χ0) is 22.7. The second-order valence-electron chi connectivity index (χ2n) is 9.09. The molecule has 1 fully saturated rings. The van der Waals surface area contributed by atoms with Crippen molar-refractivity contribution in [3.63, 3.8) is 0 Å². The number of carbonyl (C=O) groups is 1. The predicted molar refractivity (Wildman–Crippen MR) is 130 cm³/mol. The standard InChI is InChI=1S/C25H30N4O2S/c1-16(2)13-29-14-20(21-12-27-32-15-21)11-23(25(29)31)28-22-9-7-18(8-10-22)17-3-5-19(6-4-17)24(26)30/h3-6,11-12,14-16,18,22,28H,7-10,13H2,1-2H3,(H2,26,30)/t18-,22+. The summed E-state index contributed by atoms with van der Waals surface area (Å²) in [5.74, 6) is 0.455. The summed E-state index contributed by atoms with van der Waals surface area (Å²) in [6.45, 7) is 4.93. The van der Waals surface area contributed by atoms with Crippen LogP contribution in [-0.4, -0.2) is 20.9 Å². The largest absolute Gasteiger partial charge is 0.378 e. The van der Waals surface area contributed by atoms with Crippen molar-refractivity contribution in [2.45, 2.75) is 58.0 Å². The normalized spacial score (nSPS) is 18.6. The molecule has 1 amide bonds. The van der Waals surface area contributed by atoms with Crippen LogP contribution in [0.5, 0.6) is 0 Å². The Labute approximate surface area is 192 Å². The molecule has 0 spiro atoms. The third-order valence-corrected chi connectivity index (χ3v) is 6.75. The number of amides is 1. The highest BCUT2D eigenvalue weighted by atomic mass is 32.1. The summed E-state index contributed by atoms with van der Waals surface area (Å²) in [6, 6.07) is 9.89. The molecule has 0 aliphatic heterocycles. The number of pyridine rings is 1. The Kier molecular flexibility index (Phi) is 6.74. The van der Waals surface area contributed by atoms with Crippen molar-refractivity contribution in [1.82, 2.24) is 8.94 Å². The van der Waals surface area contributed by atoms with Crippen LogP contribution in [0.2, 0.25) is 0 Å². The highest BCUT2D eigenvalue weighted by Crippen LogP contribution is 2.34. The van der Waals surface area contributed by atoms with Gasteiger partial charge in [0.25, 0.3) is 5.56 Å². The first kappa shape index (κ1) is 22.3. The summed E-state index contributed by atoms with van der Waals surface area (Å²) in [6.07, 6.45) is 7.88. The number of primary amides is 1. The van der Waals surface area contributed by atoms with E-state index in [1.807, 2.05) is 52.7 Å². The van der Waals surface area contributed by atoms with E-state index in [4.69, 9.17) is 5.73 Å². The van der Waals surface area contributed by atoms with E-state index in [0.29, 0.717) is 29.6 Å². The van der Waals surface area contributed by atoms with E-state index in [1.165, 1.54) is 17.1 Å². The molecule has 1 aliphatic carbocycles. The van der Waals surface area contributed by atoms with E-state index in [-0.39, 0.29) is 11.6 Å². The van der Waals surface area contributed by atoms with Crippen LogP contribution in [0.3, 0.4) is 0 Å². The molecule has 0 atom stereocenters. The molecule has 1 aliphatic rings. The topological polar surface area (TPSA) is 90.0 Å². The molecule has 2 aromatic heterocycles. The van der Waals surface area contributed by atoms with Gasteiger partial charge in [0.2, 0.25) is 5.91 Å². The van der Waals surface area contributed by atoms with Crippen LogP contribution in [0.1, 0.15) is 61.4 Å². The van der Waals surface area contributed by atoms with Gasteiger partial charge in [-0.3, -0.25) is 9.59 Å². The average Bonchev–Trinajstić information content (AvgIpc) is 3.32. The Morgan fingerprint density at radius 1 is 1.19 bits per heavy atom. The summed E-state index contributed by atoms with van der Waals surface area (Å²) in [4.78, 5) is 24.4. The lowest BCUT2D eigenvalue weighted by molar-refractivity contribution is 0.100. The summed E-state index contributed by atoms with van der Waals surface area (Å²) in [5.41, 5.74) is 9.91. The van der Waals surface area contributed by atoms with Gasteiger partial charge >= 0.3 is 0 Å². The minimum Gasteiger partial charge on any atom is -0.378 e. The van der Waals surface area contributed by atoms with Gasteiger partial charge in [0.05, 0.1) is 0 Å². The molecule has 3 aromatic rings. The number of nitrogens with zero attached hydrogens (tertiary/aromatic N) is 2. The maximum absolute atomic E-state index is 13.1. The minimum atomic E-state index is -0.395. The lowest BCUT2D eigenvalue weighted by atomic mass is 9.81. The van der Waals surface area contributed by atoms with Gasteiger partial charge < -0.3 is 15.6 Å². The summed E-state index contributed by atoms with van der Waals surface area (Å²) >= 11 is 1.42. The Balaban J connectivity index is 1.48. The molecule has 2 heterocycles. The molecular formula is C25H30N4O2S. The van der Waals surface area contributed by atoms with Gasteiger partial charge in [-0.05, 0) is 72.8 Å². The maximum Gasteiger partial charge on any atom is 0.273 e. The fourth-order valence-corrected chi connectivity index (χ4v) is 5.03. The van der Waals surface area contributed by atoms with Gasteiger partial charge in [-0.15, -0.1) is 0 Å². The van der Waals surface area contributed by atoms with Crippen molar-refractivity contribution < 1.29 is 4.79 Å². The zero-order valence-electron chi connectivity index (χ0n) is 18.6. The monoisotopic (exact) mass is 450 g/mol. The van der Waals surface area contributed by atoms with Gasteiger partial charge in [0.15, 0.2) is 0 Å². The first-order valence-electron chi connectivity index (χ1n) is 11.2. The van der Waals surface area contributed by atoms with Crippen LogP contribution in [0.25, 0.3) is 11.1 Å². The van der Waals surface area contributed by atoms with Crippen molar-refractivity contribution in [2.75, 3.05) is 5.32 Å². The predicted octanol–water partition coefficient (Wildman–Crippen LogP) is 4.87. The Hall–Kier alpha value is -2.93. The van der Waals surface area contributed by atoms with Gasteiger partial charge in [-0.2, -0.15) is 0 Å². The molecule has 4 rings (SSSR count). The third kappa shape index (κ3) is 5.10. The molecule has 1 saturated carbocycles. The molecule has 1 aromatic carbocycles. The van der Waals surface area contributed by atoms with Crippen LogP contribution < -0.4 is 16.6 Å². The van der Waals surface area contributed by atoms with Gasteiger partial charge in [0.1, 0.15) is 5.69 Å². The lowest BCUT2D eigenvalue weighted by Crippen LogP contribution is -2.31. The minimum absolute atomic E-state index is 0.0369. The first-order chi connectivity index (χ1) is 15.4. The molecule has 0 saturated heterocycles. The van der Waals surface area contributed by atoms with Gasteiger partial charge in [-0.1, -0.05) is 26.0 Å². The summed E-state index contributed by atoms with van der Waals surface area (Å²) < 4.78 is 6.04. The molecule has 0 radical (unpaired) electrons. The van der Waals surface area contributed by atoms with E-state index < -0.39 is 5.91 Å². The number of anilines is 1. The molecule has 7 heteroatoms. The third-order valence-electron chi connectivity index (χ3n) is 6.17. The molecule has 0 unspecified atom stereocenters. The lowest BCUT2D eigenvalue weighted by Gasteiger charge is -2.30. The quantitative estimate of drug-likeness (QED) is 0.538. The Morgan fingerprint density at radius 3 is 2.50 bits per heavy atom. The highest BCUT2D eigenvalue weighted by Gasteiger charge is 2.23. The number of aromatic nitrogens is 2. The van der Waals surface area contributed by atoms with Crippen LogP contribution >= 0.6 is 11.5 Å². The van der Waals surface area contributed by atoms with E-state index in [0.717, 1.165) is 36.8 Å². The number of nitrogens with one attached hydrogen (secondary N) is 1. The van der Waals surface area contributed by atoms with E-state index in [1.54, 1.807) is 0 Å². The van der Waals surface area contributed by atoms with Crippen LogP contribution in [0.15, 0.2) is 52.9 Å². The van der Waals surface area contributed by atoms with E-state index in [9.17, 15) is 9.59 Å². The van der Waals surface area contributed by atoms with Crippen LogP contribution in [0.4, 0.5) is 5.69 Å². The number of hydrogen-bond donors (Lipinski definition) is 2. The summed E-state index contributed by atoms with van der Waals surface area (Å²) in [5, 5.41) is 5.56. The molecule has 0 bridgehead atoms. The van der Waals surface area contributed by atoms with Crippen molar-refractivity contribution in [3.05, 3.63) is 69.6 Å².